The molecule has 1 aromatic carbocycles. The monoisotopic (exact) mass is 252 g/mol. The maximum atomic E-state index is 12.0. The standard InChI is InChI=1S/C12H16N2O2S/c1-12(2,3)17(15)7-10-14-11-8(13)5-4-6-9(11)16-10/h4-6H,7,13H2,1-3H3. The summed E-state index contributed by atoms with van der Waals surface area (Å²) in [7, 11) is -1.02. The first kappa shape index (κ1) is 12.1. The van der Waals surface area contributed by atoms with Crippen molar-refractivity contribution in [2.75, 3.05) is 5.73 Å². The zero-order valence-electron chi connectivity index (χ0n) is 10.2. The molecule has 1 unspecified atom stereocenters. The highest BCUT2D eigenvalue weighted by atomic mass is 32.2. The molecule has 92 valence electrons. The summed E-state index contributed by atoms with van der Waals surface area (Å²) < 4.78 is 17.2. The fourth-order valence-electron chi connectivity index (χ4n) is 1.41. The summed E-state index contributed by atoms with van der Waals surface area (Å²) >= 11 is 0. The summed E-state index contributed by atoms with van der Waals surface area (Å²) in [5.74, 6) is 0.795. The third kappa shape index (κ3) is 2.49. The van der Waals surface area contributed by atoms with Crippen molar-refractivity contribution in [1.29, 1.82) is 0 Å². The molecule has 5 heteroatoms. The second-order valence-electron chi connectivity index (χ2n) is 4.90. The predicted octanol–water partition coefficient (Wildman–Crippen LogP) is 2.46. The van der Waals surface area contributed by atoms with Crippen molar-refractivity contribution in [2.24, 2.45) is 0 Å². The molecule has 1 heterocycles. The van der Waals surface area contributed by atoms with Crippen LogP contribution in [0.2, 0.25) is 0 Å². The van der Waals surface area contributed by atoms with Crippen LogP contribution in [-0.2, 0) is 16.6 Å². The van der Waals surface area contributed by atoms with Gasteiger partial charge < -0.3 is 10.2 Å². The molecule has 0 amide bonds. The first-order chi connectivity index (χ1) is 7.88. The number of oxazole rings is 1. The number of hydrogen-bond donors (Lipinski definition) is 1. The Bertz CT molecular complexity index is 569. The van der Waals surface area contributed by atoms with Gasteiger partial charge in [-0.3, -0.25) is 4.21 Å². The Labute approximate surface area is 103 Å². The van der Waals surface area contributed by atoms with Crippen molar-refractivity contribution in [3.8, 4) is 0 Å². The summed E-state index contributed by atoms with van der Waals surface area (Å²) in [5.41, 5.74) is 7.66. The number of para-hydroxylation sites is 1. The van der Waals surface area contributed by atoms with Crippen molar-refractivity contribution >= 4 is 27.6 Å². The minimum atomic E-state index is -1.02. The van der Waals surface area contributed by atoms with Gasteiger partial charge in [-0.2, -0.15) is 0 Å². The van der Waals surface area contributed by atoms with Crippen LogP contribution in [0.4, 0.5) is 5.69 Å². The van der Waals surface area contributed by atoms with Crippen LogP contribution in [0.15, 0.2) is 22.6 Å². The molecule has 4 nitrogen and oxygen atoms in total. The van der Waals surface area contributed by atoms with E-state index in [0.717, 1.165) is 0 Å². The molecule has 2 rings (SSSR count). The summed E-state index contributed by atoms with van der Waals surface area (Å²) in [6.07, 6.45) is 0. The third-order valence-electron chi connectivity index (χ3n) is 2.43. The number of fused-ring (bicyclic) bond motifs is 1. The number of nitrogen functional groups attached to an aromatic ring is 1. The van der Waals surface area contributed by atoms with E-state index < -0.39 is 10.8 Å². The Morgan fingerprint density at radius 1 is 1.41 bits per heavy atom. The van der Waals surface area contributed by atoms with E-state index in [-0.39, 0.29) is 4.75 Å². The lowest BCUT2D eigenvalue weighted by Gasteiger charge is -2.15. The Balaban J connectivity index is 2.32. The number of rotatable bonds is 2. The predicted molar refractivity (Wildman–Crippen MR) is 70.0 cm³/mol. The first-order valence-corrected chi connectivity index (χ1v) is 6.72. The zero-order valence-corrected chi connectivity index (χ0v) is 11.0. The average Bonchev–Trinajstić information content (AvgIpc) is 2.60. The summed E-state index contributed by atoms with van der Waals surface area (Å²) in [4.78, 5) is 4.28. The molecule has 0 aliphatic rings. The molecule has 1 atom stereocenters. The van der Waals surface area contributed by atoms with Crippen molar-refractivity contribution < 1.29 is 8.63 Å². The minimum absolute atomic E-state index is 0.272. The largest absolute Gasteiger partial charge is 0.440 e. The van der Waals surface area contributed by atoms with Crippen LogP contribution in [0, 0.1) is 0 Å². The van der Waals surface area contributed by atoms with E-state index >= 15 is 0 Å². The average molecular weight is 252 g/mol. The lowest BCUT2D eigenvalue weighted by molar-refractivity contribution is 0.549. The van der Waals surface area contributed by atoms with Gasteiger partial charge in [0.1, 0.15) is 11.3 Å². The fourth-order valence-corrected chi connectivity index (χ4v) is 2.19. The Morgan fingerprint density at radius 3 is 2.71 bits per heavy atom. The second kappa shape index (κ2) is 4.14. The molecule has 0 saturated carbocycles. The summed E-state index contributed by atoms with van der Waals surface area (Å²) in [6.45, 7) is 5.79. The number of anilines is 1. The van der Waals surface area contributed by atoms with E-state index in [1.807, 2.05) is 32.9 Å². The van der Waals surface area contributed by atoms with Crippen molar-refractivity contribution in [2.45, 2.75) is 31.3 Å². The lowest BCUT2D eigenvalue weighted by Crippen LogP contribution is -2.23. The van der Waals surface area contributed by atoms with Gasteiger partial charge in [0.25, 0.3) is 0 Å². The van der Waals surface area contributed by atoms with E-state index in [1.54, 1.807) is 6.07 Å². The van der Waals surface area contributed by atoms with Gasteiger partial charge in [-0.15, -0.1) is 0 Å². The topological polar surface area (TPSA) is 69.1 Å². The highest BCUT2D eigenvalue weighted by Crippen LogP contribution is 2.23. The van der Waals surface area contributed by atoms with Crippen molar-refractivity contribution in [3.05, 3.63) is 24.1 Å². The van der Waals surface area contributed by atoms with Gasteiger partial charge in [-0.05, 0) is 32.9 Å². The highest BCUT2D eigenvalue weighted by Gasteiger charge is 2.22. The zero-order chi connectivity index (χ0) is 12.6. The molecular formula is C12H16N2O2S. The first-order valence-electron chi connectivity index (χ1n) is 5.40. The molecule has 0 saturated heterocycles. The van der Waals surface area contributed by atoms with E-state index in [1.165, 1.54) is 0 Å². The smallest absolute Gasteiger partial charge is 0.208 e. The molecule has 1 aromatic heterocycles. The number of hydrogen-bond acceptors (Lipinski definition) is 4. The van der Waals surface area contributed by atoms with Crippen LogP contribution in [0.25, 0.3) is 11.1 Å². The van der Waals surface area contributed by atoms with Crippen LogP contribution in [0.3, 0.4) is 0 Å². The van der Waals surface area contributed by atoms with Crippen LogP contribution < -0.4 is 5.73 Å². The van der Waals surface area contributed by atoms with Crippen LogP contribution in [0.5, 0.6) is 0 Å². The van der Waals surface area contributed by atoms with Gasteiger partial charge in [0.15, 0.2) is 5.58 Å². The second-order valence-corrected chi connectivity index (χ2v) is 7.11. The Morgan fingerprint density at radius 2 is 2.12 bits per heavy atom. The number of nitrogens with two attached hydrogens (primary N) is 1. The Hall–Kier alpha value is -1.36. The molecule has 0 radical (unpaired) electrons. The SMILES string of the molecule is CC(C)(C)S(=O)Cc1nc2c(N)cccc2o1. The molecule has 0 fully saturated rings. The van der Waals surface area contributed by atoms with Gasteiger partial charge in [0.05, 0.1) is 5.69 Å². The van der Waals surface area contributed by atoms with Gasteiger partial charge in [-0.1, -0.05) is 6.07 Å². The highest BCUT2D eigenvalue weighted by molar-refractivity contribution is 7.85. The van der Waals surface area contributed by atoms with E-state index in [4.69, 9.17) is 10.2 Å². The number of benzene rings is 1. The maximum absolute atomic E-state index is 12.0. The van der Waals surface area contributed by atoms with E-state index in [2.05, 4.69) is 4.98 Å². The van der Waals surface area contributed by atoms with Gasteiger partial charge in [-0.25, -0.2) is 4.98 Å². The lowest BCUT2D eigenvalue weighted by atomic mass is 10.3. The molecule has 2 aromatic rings. The van der Waals surface area contributed by atoms with E-state index in [9.17, 15) is 4.21 Å². The minimum Gasteiger partial charge on any atom is -0.440 e. The van der Waals surface area contributed by atoms with Crippen LogP contribution >= 0.6 is 0 Å². The molecule has 0 aliphatic heterocycles. The normalized spacial score (nSPS) is 14.1. The van der Waals surface area contributed by atoms with Crippen LogP contribution in [-0.4, -0.2) is 13.9 Å². The summed E-state index contributed by atoms with van der Waals surface area (Å²) in [6, 6.07) is 5.39. The molecule has 0 bridgehead atoms. The molecule has 17 heavy (non-hydrogen) atoms. The third-order valence-corrected chi connectivity index (χ3v) is 4.31. The maximum Gasteiger partial charge on any atom is 0.208 e. The van der Waals surface area contributed by atoms with Gasteiger partial charge in [0.2, 0.25) is 5.89 Å². The van der Waals surface area contributed by atoms with Crippen molar-refractivity contribution in [3.63, 3.8) is 0 Å². The molecule has 0 aliphatic carbocycles. The van der Waals surface area contributed by atoms with Crippen molar-refractivity contribution in [1.82, 2.24) is 4.98 Å². The molecule has 0 spiro atoms. The number of nitrogens with zero attached hydrogens (tertiary/aromatic N) is 1. The van der Waals surface area contributed by atoms with Gasteiger partial charge >= 0.3 is 0 Å². The quantitative estimate of drug-likeness (QED) is 0.833. The van der Waals surface area contributed by atoms with E-state index in [0.29, 0.717) is 28.4 Å². The molecular weight excluding hydrogens is 236 g/mol. The fraction of sp³-hybridized carbons (Fsp3) is 0.417. The van der Waals surface area contributed by atoms with Gasteiger partial charge in [0, 0.05) is 15.5 Å². The molecule has 2 N–H and O–H groups in total. The van der Waals surface area contributed by atoms with Crippen LogP contribution in [0.1, 0.15) is 26.7 Å². The Kier molecular flexibility index (Phi) is 2.95. The number of aromatic nitrogens is 1. The summed E-state index contributed by atoms with van der Waals surface area (Å²) in [5, 5.41) is 0.